The minimum atomic E-state index is -0.124. The predicted molar refractivity (Wildman–Crippen MR) is 95.9 cm³/mol. The minimum absolute atomic E-state index is 0.124. The van der Waals surface area contributed by atoms with Crippen LogP contribution in [0.15, 0.2) is 53.8 Å². The van der Waals surface area contributed by atoms with E-state index in [9.17, 15) is 4.79 Å². The summed E-state index contributed by atoms with van der Waals surface area (Å²) in [5.41, 5.74) is 1.79. The van der Waals surface area contributed by atoms with Crippen molar-refractivity contribution >= 4 is 5.95 Å². The molecule has 4 heteroatoms. The van der Waals surface area contributed by atoms with Crippen LogP contribution in [-0.2, 0) is 6.42 Å². The number of unbranched alkanes of at least 4 members (excludes halogenated alkanes) is 1. The number of hydrogen-bond donors (Lipinski definition) is 2. The lowest BCUT2D eigenvalue weighted by atomic mass is 10.1. The van der Waals surface area contributed by atoms with E-state index in [1.54, 1.807) is 6.07 Å². The van der Waals surface area contributed by atoms with Crippen molar-refractivity contribution in [1.29, 1.82) is 0 Å². The van der Waals surface area contributed by atoms with E-state index in [2.05, 4.69) is 28.8 Å². The van der Waals surface area contributed by atoms with Gasteiger partial charge < -0.3 is 5.32 Å². The lowest BCUT2D eigenvalue weighted by molar-refractivity contribution is 0.608. The predicted octanol–water partition coefficient (Wildman–Crippen LogP) is 3.91. The van der Waals surface area contributed by atoms with Crippen molar-refractivity contribution in [3.8, 4) is 0 Å². The van der Waals surface area contributed by atoms with E-state index < -0.39 is 0 Å². The van der Waals surface area contributed by atoms with Gasteiger partial charge in [-0.15, -0.1) is 6.58 Å². The second-order valence-electron chi connectivity index (χ2n) is 5.76. The largest absolute Gasteiger partial charge is 0.353 e. The average molecular weight is 311 g/mol. The van der Waals surface area contributed by atoms with Crippen LogP contribution >= 0.6 is 0 Å². The highest BCUT2D eigenvalue weighted by Crippen LogP contribution is 2.12. The molecule has 0 aliphatic rings. The highest BCUT2D eigenvalue weighted by molar-refractivity contribution is 5.29. The molecule has 2 rings (SSSR count). The fourth-order valence-electron chi connectivity index (χ4n) is 2.57. The molecule has 0 amide bonds. The second kappa shape index (κ2) is 8.93. The molecule has 1 unspecified atom stereocenters. The van der Waals surface area contributed by atoms with Gasteiger partial charge in [0.05, 0.1) is 5.69 Å². The third-order valence-corrected chi connectivity index (χ3v) is 3.72. The van der Waals surface area contributed by atoms with Crippen LogP contribution in [0.2, 0.25) is 0 Å². The molecule has 0 saturated heterocycles. The molecule has 0 fully saturated rings. The summed E-state index contributed by atoms with van der Waals surface area (Å²) in [6.45, 7) is 5.98. The van der Waals surface area contributed by atoms with Crippen LogP contribution in [0.25, 0.3) is 0 Å². The zero-order valence-corrected chi connectivity index (χ0v) is 13.7. The summed E-state index contributed by atoms with van der Waals surface area (Å²) in [7, 11) is 0. The Labute approximate surface area is 137 Å². The van der Waals surface area contributed by atoms with Gasteiger partial charge in [-0.25, -0.2) is 4.98 Å². The Hall–Kier alpha value is -2.36. The number of hydrogen-bond acceptors (Lipinski definition) is 3. The maximum atomic E-state index is 11.9. The SMILES string of the molecule is C=CCC(CCCC)Nc1nc(Cc2ccccc2)cc(=O)[nH]1. The van der Waals surface area contributed by atoms with E-state index in [1.807, 2.05) is 36.4 Å². The van der Waals surface area contributed by atoms with Crippen molar-refractivity contribution < 1.29 is 0 Å². The summed E-state index contributed by atoms with van der Waals surface area (Å²) < 4.78 is 0. The van der Waals surface area contributed by atoms with Crippen molar-refractivity contribution in [2.24, 2.45) is 0 Å². The van der Waals surface area contributed by atoms with Crippen LogP contribution in [0.5, 0.6) is 0 Å². The van der Waals surface area contributed by atoms with Crippen molar-refractivity contribution in [3.05, 3.63) is 70.7 Å². The molecule has 1 atom stereocenters. The van der Waals surface area contributed by atoms with E-state index >= 15 is 0 Å². The first-order valence-electron chi connectivity index (χ1n) is 8.23. The zero-order valence-electron chi connectivity index (χ0n) is 13.7. The molecule has 0 bridgehead atoms. The maximum absolute atomic E-state index is 11.9. The summed E-state index contributed by atoms with van der Waals surface area (Å²) in [5, 5.41) is 3.34. The Morgan fingerprint density at radius 2 is 2.13 bits per heavy atom. The molecule has 122 valence electrons. The molecule has 2 aromatic rings. The van der Waals surface area contributed by atoms with E-state index in [4.69, 9.17) is 0 Å². The monoisotopic (exact) mass is 311 g/mol. The van der Waals surface area contributed by atoms with Crippen molar-refractivity contribution in [3.63, 3.8) is 0 Å². The van der Waals surface area contributed by atoms with E-state index in [0.29, 0.717) is 12.4 Å². The van der Waals surface area contributed by atoms with Crippen LogP contribution < -0.4 is 10.9 Å². The van der Waals surface area contributed by atoms with Gasteiger partial charge in [0.25, 0.3) is 5.56 Å². The maximum Gasteiger partial charge on any atom is 0.252 e. The van der Waals surface area contributed by atoms with E-state index in [-0.39, 0.29) is 11.6 Å². The molecular weight excluding hydrogens is 286 g/mol. The molecule has 0 saturated carbocycles. The molecule has 1 aromatic carbocycles. The first-order valence-corrected chi connectivity index (χ1v) is 8.23. The number of aromatic nitrogens is 2. The summed E-state index contributed by atoms with van der Waals surface area (Å²) >= 11 is 0. The van der Waals surface area contributed by atoms with Crippen LogP contribution in [0.3, 0.4) is 0 Å². The molecule has 0 aliphatic heterocycles. The Kier molecular flexibility index (Phi) is 6.60. The number of nitrogens with zero attached hydrogens (tertiary/aromatic N) is 1. The summed E-state index contributed by atoms with van der Waals surface area (Å²) in [4.78, 5) is 19.2. The molecule has 2 N–H and O–H groups in total. The standard InChI is InChI=1S/C19H25N3O/c1-3-5-12-16(9-4-2)20-19-21-17(14-18(23)22-19)13-15-10-7-6-8-11-15/h4,6-8,10-11,14,16H,2-3,5,9,12-13H2,1H3,(H2,20,21,22,23). The van der Waals surface area contributed by atoms with Gasteiger partial charge in [-0.2, -0.15) is 0 Å². The van der Waals surface area contributed by atoms with Crippen LogP contribution in [0.4, 0.5) is 5.95 Å². The van der Waals surface area contributed by atoms with Gasteiger partial charge in [-0.05, 0) is 18.4 Å². The summed E-state index contributed by atoms with van der Waals surface area (Å²) in [5.74, 6) is 0.548. The van der Waals surface area contributed by atoms with Crippen LogP contribution in [0, 0.1) is 0 Å². The number of benzene rings is 1. The van der Waals surface area contributed by atoms with Gasteiger partial charge in [-0.3, -0.25) is 9.78 Å². The topological polar surface area (TPSA) is 57.8 Å². The average Bonchev–Trinajstić information content (AvgIpc) is 2.53. The Morgan fingerprint density at radius 1 is 1.35 bits per heavy atom. The smallest absolute Gasteiger partial charge is 0.252 e. The third-order valence-electron chi connectivity index (χ3n) is 3.72. The Morgan fingerprint density at radius 3 is 2.83 bits per heavy atom. The quantitative estimate of drug-likeness (QED) is 0.690. The molecule has 0 spiro atoms. The highest BCUT2D eigenvalue weighted by Gasteiger charge is 2.09. The Balaban J connectivity index is 2.12. The lowest BCUT2D eigenvalue weighted by Crippen LogP contribution is -2.23. The summed E-state index contributed by atoms with van der Waals surface area (Å²) in [6.07, 6.45) is 6.73. The normalized spacial score (nSPS) is 11.9. The van der Waals surface area contributed by atoms with Crippen molar-refractivity contribution in [1.82, 2.24) is 9.97 Å². The Bertz CT molecular complexity index is 664. The highest BCUT2D eigenvalue weighted by atomic mass is 16.1. The minimum Gasteiger partial charge on any atom is -0.353 e. The molecule has 0 aliphatic carbocycles. The van der Waals surface area contributed by atoms with Crippen molar-refractivity contribution in [2.75, 3.05) is 5.32 Å². The van der Waals surface area contributed by atoms with Crippen LogP contribution in [0.1, 0.15) is 43.9 Å². The number of anilines is 1. The molecule has 4 nitrogen and oxygen atoms in total. The molecule has 1 aromatic heterocycles. The first-order chi connectivity index (χ1) is 11.2. The molecule has 0 radical (unpaired) electrons. The van der Waals surface area contributed by atoms with Gasteiger partial charge >= 0.3 is 0 Å². The number of aromatic amines is 1. The molecular formula is C19H25N3O. The van der Waals surface area contributed by atoms with Gasteiger partial charge in [0.2, 0.25) is 5.95 Å². The number of nitrogens with one attached hydrogen (secondary N) is 2. The van der Waals surface area contributed by atoms with Crippen LogP contribution in [-0.4, -0.2) is 16.0 Å². The van der Waals surface area contributed by atoms with E-state index in [0.717, 1.165) is 36.9 Å². The number of rotatable bonds is 9. The second-order valence-corrected chi connectivity index (χ2v) is 5.76. The van der Waals surface area contributed by atoms with Gasteiger partial charge in [0.15, 0.2) is 0 Å². The van der Waals surface area contributed by atoms with Crippen molar-refractivity contribution in [2.45, 2.75) is 45.1 Å². The summed E-state index contributed by atoms with van der Waals surface area (Å²) in [6, 6.07) is 11.9. The fraction of sp³-hybridized carbons (Fsp3) is 0.368. The van der Waals surface area contributed by atoms with E-state index in [1.165, 1.54) is 0 Å². The number of H-pyrrole nitrogens is 1. The van der Waals surface area contributed by atoms with Gasteiger partial charge in [0, 0.05) is 18.5 Å². The molecule has 23 heavy (non-hydrogen) atoms. The fourth-order valence-corrected chi connectivity index (χ4v) is 2.57. The first kappa shape index (κ1) is 17.0. The molecule has 1 heterocycles. The lowest BCUT2D eigenvalue weighted by Gasteiger charge is -2.17. The van der Waals surface area contributed by atoms with Gasteiger partial charge in [0.1, 0.15) is 0 Å². The van der Waals surface area contributed by atoms with Gasteiger partial charge in [-0.1, -0.05) is 56.2 Å². The zero-order chi connectivity index (χ0) is 16.5. The third kappa shape index (κ3) is 5.74.